The number of hydroxylamine groups is 1. The Hall–Kier alpha value is -0.210. The number of rotatable bonds is 5. The molecule has 0 atom stereocenters. The number of hydrogen-bond donors (Lipinski definition) is 1. The SMILES string of the molecule is COCCNS(=O)(=O)N1CCCCO1. The number of nitrogens with one attached hydrogen (secondary N) is 1. The van der Waals surface area contributed by atoms with E-state index in [4.69, 9.17) is 9.57 Å². The van der Waals surface area contributed by atoms with Gasteiger partial charge >= 0.3 is 10.2 Å². The van der Waals surface area contributed by atoms with Crippen molar-refractivity contribution in [3.8, 4) is 0 Å². The second-order valence-electron chi connectivity index (χ2n) is 2.96. The van der Waals surface area contributed by atoms with Crippen LogP contribution in [0.5, 0.6) is 0 Å². The van der Waals surface area contributed by atoms with Crippen LogP contribution in [0.15, 0.2) is 0 Å². The molecule has 0 aliphatic carbocycles. The molecule has 1 N–H and O–H groups in total. The molecule has 0 amide bonds. The zero-order valence-electron chi connectivity index (χ0n) is 8.23. The van der Waals surface area contributed by atoms with E-state index in [0.717, 1.165) is 17.3 Å². The van der Waals surface area contributed by atoms with E-state index in [0.29, 0.717) is 19.8 Å². The molecular weight excluding hydrogens is 208 g/mol. The van der Waals surface area contributed by atoms with Crippen molar-refractivity contribution >= 4 is 10.2 Å². The third-order valence-corrected chi connectivity index (χ3v) is 3.22. The third-order valence-electron chi connectivity index (χ3n) is 1.83. The Morgan fingerprint density at radius 1 is 1.50 bits per heavy atom. The van der Waals surface area contributed by atoms with Crippen LogP contribution in [-0.2, 0) is 19.8 Å². The Balaban J connectivity index is 2.38. The van der Waals surface area contributed by atoms with Gasteiger partial charge < -0.3 is 4.74 Å². The first-order valence-electron chi connectivity index (χ1n) is 4.56. The topological polar surface area (TPSA) is 67.9 Å². The molecule has 0 spiro atoms. The van der Waals surface area contributed by atoms with E-state index in [-0.39, 0.29) is 6.54 Å². The van der Waals surface area contributed by atoms with E-state index in [2.05, 4.69) is 4.72 Å². The fraction of sp³-hybridized carbons (Fsp3) is 1.00. The van der Waals surface area contributed by atoms with Gasteiger partial charge in [0.1, 0.15) is 0 Å². The molecular formula is C7H16N2O4S. The first-order chi connectivity index (χ1) is 6.67. The molecule has 14 heavy (non-hydrogen) atoms. The van der Waals surface area contributed by atoms with Crippen LogP contribution in [0.1, 0.15) is 12.8 Å². The van der Waals surface area contributed by atoms with E-state index in [9.17, 15) is 8.42 Å². The highest BCUT2D eigenvalue weighted by atomic mass is 32.2. The van der Waals surface area contributed by atoms with Gasteiger partial charge in [0, 0.05) is 20.2 Å². The second kappa shape index (κ2) is 5.62. The maximum atomic E-state index is 11.5. The lowest BCUT2D eigenvalue weighted by Crippen LogP contribution is -2.44. The van der Waals surface area contributed by atoms with E-state index in [1.54, 1.807) is 0 Å². The van der Waals surface area contributed by atoms with Gasteiger partial charge in [0.2, 0.25) is 0 Å². The zero-order valence-corrected chi connectivity index (χ0v) is 9.05. The van der Waals surface area contributed by atoms with Crippen molar-refractivity contribution in [2.45, 2.75) is 12.8 Å². The number of nitrogens with zero attached hydrogens (tertiary/aromatic N) is 1. The lowest BCUT2D eigenvalue weighted by atomic mass is 10.3. The van der Waals surface area contributed by atoms with Gasteiger partial charge in [0.25, 0.3) is 0 Å². The highest BCUT2D eigenvalue weighted by Gasteiger charge is 2.24. The van der Waals surface area contributed by atoms with E-state index < -0.39 is 10.2 Å². The van der Waals surface area contributed by atoms with Crippen molar-refractivity contribution in [1.29, 1.82) is 0 Å². The highest BCUT2D eigenvalue weighted by Crippen LogP contribution is 2.09. The van der Waals surface area contributed by atoms with Crippen LogP contribution in [0, 0.1) is 0 Å². The summed E-state index contributed by atoms with van der Waals surface area (Å²) in [6, 6.07) is 0. The Bertz CT molecular complexity index is 248. The fourth-order valence-electron chi connectivity index (χ4n) is 1.11. The molecule has 0 radical (unpaired) electrons. The molecule has 0 aromatic heterocycles. The molecule has 0 bridgehead atoms. The summed E-state index contributed by atoms with van der Waals surface area (Å²) in [4.78, 5) is 5.02. The molecule has 1 saturated heterocycles. The highest BCUT2D eigenvalue weighted by molar-refractivity contribution is 7.87. The lowest BCUT2D eigenvalue weighted by molar-refractivity contribution is -0.109. The van der Waals surface area contributed by atoms with Crippen LogP contribution < -0.4 is 4.72 Å². The van der Waals surface area contributed by atoms with Crippen LogP contribution >= 0.6 is 0 Å². The molecule has 1 heterocycles. The van der Waals surface area contributed by atoms with Gasteiger partial charge in [-0.1, -0.05) is 4.47 Å². The summed E-state index contributed by atoms with van der Waals surface area (Å²) in [6.45, 7) is 1.50. The molecule has 6 nitrogen and oxygen atoms in total. The van der Waals surface area contributed by atoms with Crippen LogP contribution in [0.2, 0.25) is 0 Å². The summed E-state index contributed by atoms with van der Waals surface area (Å²) in [5, 5.41) is 0. The maximum Gasteiger partial charge on any atom is 0.301 e. The first-order valence-corrected chi connectivity index (χ1v) is 6.00. The van der Waals surface area contributed by atoms with Crippen molar-refractivity contribution in [3.05, 3.63) is 0 Å². The van der Waals surface area contributed by atoms with Crippen molar-refractivity contribution in [2.24, 2.45) is 0 Å². The standard InChI is InChI=1S/C7H16N2O4S/c1-12-7-4-8-14(10,11)9-5-2-3-6-13-9/h8H,2-7H2,1H3. The lowest BCUT2D eigenvalue weighted by Gasteiger charge is -2.25. The summed E-state index contributed by atoms with van der Waals surface area (Å²) in [5.41, 5.74) is 0. The largest absolute Gasteiger partial charge is 0.383 e. The summed E-state index contributed by atoms with van der Waals surface area (Å²) in [6.07, 6.45) is 1.75. The van der Waals surface area contributed by atoms with Gasteiger partial charge in [-0.3, -0.25) is 4.84 Å². The molecule has 7 heteroatoms. The zero-order chi connectivity index (χ0) is 10.4. The summed E-state index contributed by atoms with van der Waals surface area (Å²) in [5.74, 6) is 0. The molecule has 0 aromatic rings. The van der Waals surface area contributed by atoms with Gasteiger partial charge in [-0.15, -0.1) is 0 Å². The smallest absolute Gasteiger partial charge is 0.301 e. The molecule has 0 saturated carbocycles. The molecule has 1 rings (SSSR count). The normalized spacial score (nSPS) is 19.8. The van der Waals surface area contributed by atoms with Gasteiger partial charge in [-0.2, -0.15) is 13.1 Å². The predicted octanol–water partition coefficient (Wildman–Crippen LogP) is -0.505. The molecule has 84 valence electrons. The minimum atomic E-state index is -3.47. The minimum Gasteiger partial charge on any atom is -0.383 e. The van der Waals surface area contributed by atoms with E-state index in [1.165, 1.54) is 7.11 Å². The number of ether oxygens (including phenoxy) is 1. The number of hydrogen-bond acceptors (Lipinski definition) is 4. The van der Waals surface area contributed by atoms with E-state index >= 15 is 0 Å². The Kier molecular flexibility index (Phi) is 4.76. The second-order valence-corrected chi connectivity index (χ2v) is 4.60. The Morgan fingerprint density at radius 3 is 2.86 bits per heavy atom. The van der Waals surface area contributed by atoms with Gasteiger partial charge in [-0.05, 0) is 12.8 Å². The average Bonchev–Trinajstić information content (AvgIpc) is 2.19. The maximum absolute atomic E-state index is 11.5. The van der Waals surface area contributed by atoms with Gasteiger partial charge in [0.15, 0.2) is 0 Å². The van der Waals surface area contributed by atoms with Crippen molar-refractivity contribution in [1.82, 2.24) is 9.19 Å². The molecule has 0 unspecified atom stereocenters. The quantitative estimate of drug-likeness (QED) is 0.639. The first kappa shape index (κ1) is 11.9. The van der Waals surface area contributed by atoms with Crippen molar-refractivity contribution in [3.63, 3.8) is 0 Å². The predicted molar refractivity (Wildman–Crippen MR) is 50.7 cm³/mol. The van der Waals surface area contributed by atoms with Gasteiger partial charge in [-0.25, -0.2) is 0 Å². The summed E-state index contributed by atoms with van der Waals surface area (Å²) in [7, 11) is -1.95. The van der Waals surface area contributed by atoms with Gasteiger partial charge in [0.05, 0.1) is 13.2 Å². The van der Waals surface area contributed by atoms with Crippen LogP contribution in [-0.4, -0.2) is 46.3 Å². The molecule has 1 aliphatic rings. The van der Waals surface area contributed by atoms with Crippen LogP contribution in [0.4, 0.5) is 0 Å². The Morgan fingerprint density at radius 2 is 2.29 bits per heavy atom. The molecule has 0 aromatic carbocycles. The number of methoxy groups -OCH3 is 1. The molecule has 1 aliphatic heterocycles. The minimum absolute atomic E-state index is 0.263. The summed E-state index contributed by atoms with van der Waals surface area (Å²) >= 11 is 0. The van der Waals surface area contributed by atoms with Crippen molar-refractivity contribution < 1.29 is 18.0 Å². The summed E-state index contributed by atoms with van der Waals surface area (Å²) < 4.78 is 31.1. The fourth-order valence-corrected chi connectivity index (χ4v) is 2.18. The van der Waals surface area contributed by atoms with E-state index in [1.807, 2.05) is 0 Å². The monoisotopic (exact) mass is 224 g/mol. The Labute approximate surface area is 84.3 Å². The van der Waals surface area contributed by atoms with Crippen LogP contribution in [0.25, 0.3) is 0 Å². The average molecular weight is 224 g/mol. The van der Waals surface area contributed by atoms with Crippen LogP contribution in [0.3, 0.4) is 0 Å². The van der Waals surface area contributed by atoms with Crippen molar-refractivity contribution in [2.75, 3.05) is 33.4 Å². The third kappa shape index (κ3) is 3.50. The molecule has 1 fully saturated rings.